The van der Waals surface area contributed by atoms with Crippen LogP contribution in [0.15, 0.2) is 30.3 Å². The van der Waals surface area contributed by atoms with E-state index in [1.165, 1.54) is 5.56 Å². The van der Waals surface area contributed by atoms with Gasteiger partial charge in [0.2, 0.25) is 0 Å². The molecule has 1 aromatic carbocycles. The number of benzene rings is 1. The van der Waals surface area contributed by atoms with E-state index >= 15 is 0 Å². The molecule has 0 bridgehead atoms. The van der Waals surface area contributed by atoms with Gasteiger partial charge in [-0.25, -0.2) is 0 Å². The van der Waals surface area contributed by atoms with E-state index in [1.54, 1.807) is 0 Å². The fourth-order valence-electron chi connectivity index (χ4n) is 4.04. The van der Waals surface area contributed by atoms with Crippen LogP contribution in [0.5, 0.6) is 0 Å². The molecule has 0 radical (unpaired) electrons. The molecule has 3 rings (SSSR count). The summed E-state index contributed by atoms with van der Waals surface area (Å²) >= 11 is 0. The molecule has 1 saturated carbocycles. The maximum Gasteiger partial charge on any atom is 0.323 e. The number of likely N-dealkylation sites (tertiary alicyclic amines) is 1. The highest BCUT2D eigenvalue weighted by molar-refractivity contribution is 5.85. The zero-order chi connectivity index (χ0) is 16.2. The summed E-state index contributed by atoms with van der Waals surface area (Å²) in [6, 6.07) is 10.1. The Morgan fingerprint density at radius 2 is 2.04 bits per heavy atom. The van der Waals surface area contributed by atoms with Crippen LogP contribution in [0.3, 0.4) is 0 Å². The van der Waals surface area contributed by atoms with E-state index in [1.807, 2.05) is 25.1 Å². The van der Waals surface area contributed by atoms with E-state index in [0.29, 0.717) is 31.8 Å². The number of ketones is 1. The topological polar surface area (TPSA) is 46.6 Å². The number of esters is 1. The van der Waals surface area contributed by atoms with E-state index in [0.717, 1.165) is 19.3 Å². The molecule has 1 heterocycles. The van der Waals surface area contributed by atoms with Crippen LogP contribution in [0.25, 0.3) is 0 Å². The van der Waals surface area contributed by atoms with Gasteiger partial charge in [-0.3, -0.25) is 14.5 Å². The lowest BCUT2D eigenvalue weighted by atomic mass is 9.93. The fourth-order valence-corrected chi connectivity index (χ4v) is 4.04. The van der Waals surface area contributed by atoms with Crippen LogP contribution in [0.4, 0.5) is 0 Å². The zero-order valence-corrected chi connectivity index (χ0v) is 13.7. The second-order valence-corrected chi connectivity index (χ2v) is 6.55. The minimum absolute atomic E-state index is 0.00406. The van der Waals surface area contributed by atoms with Gasteiger partial charge < -0.3 is 4.74 Å². The van der Waals surface area contributed by atoms with E-state index in [9.17, 15) is 9.59 Å². The lowest BCUT2D eigenvalue weighted by molar-refractivity contribution is -0.149. The smallest absolute Gasteiger partial charge is 0.323 e. The SMILES string of the molecule is CCOC(=O)[C@H]1C[C@H]2C(=O)CCCC[C@@H]2N1Cc1ccccc1. The minimum atomic E-state index is -0.285. The molecule has 0 unspecified atom stereocenters. The zero-order valence-electron chi connectivity index (χ0n) is 13.7. The molecule has 0 aromatic heterocycles. The van der Waals surface area contributed by atoms with Gasteiger partial charge in [0, 0.05) is 24.9 Å². The lowest BCUT2D eigenvalue weighted by Crippen LogP contribution is -2.42. The number of fused-ring (bicyclic) bond motifs is 1. The summed E-state index contributed by atoms with van der Waals surface area (Å²) in [6.45, 7) is 2.92. The van der Waals surface area contributed by atoms with Crippen LogP contribution in [-0.2, 0) is 20.9 Å². The highest BCUT2D eigenvalue weighted by atomic mass is 16.5. The van der Waals surface area contributed by atoms with Crippen LogP contribution < -0.4 is 0 Å². The Kier molecular flexibility index (Phi) is 5.11. The molecule has 2 aliphatic rings. The summed E-state index contributed by atoms with van der Waals surface area (Å²) in [5.41, 5.74) is 1.18. The van der Waals surface area contributed by atoms with E-state index in [4.69, 9.17) is 4.74 Å². The normalized spacial score (nSPS) is 28.2. The Labute approximate surface area is 137 Å². The van der Waals surface area contributed by atoms with Crippen molar-refractivity contribution in [3.63, 3.8) is 0 Å². The van der Waals surface area contributed by atoms with Gasteiger partial charge in [-0.15, -0.1) is 0 Å². The number of ether oxygens (including phenoxy) is 1. The van der Waals surface area contributed by atoms with Crippen molar-refractivity contribution >= 4 is 11.8 Å². The van der Waals surface area contributed by atoms with Gasteiger partial charge in [-0.2, -0.15) is 0 Å². The number of hydrogen-bond donors (Lipinski definition) is 0. The third-order valence-corrected chi connectivity index (χ3v) is 5.12. The molecule has 4 heteroatoms. The predicted molar refractivity (Wildman–Crippen MR) is 87.8 cm³/mol. The maximum atomic E-state index is 12.4. The van der Waals surface area contributed by atoms with E-state index in [2.05, 4.69) is 17.0 Å². The van der Waals surface area contributed by atoms with Crippen LogP contribution in [-0.4, -0.2) is 35.3 Å². The van der Waals surface area contributed by atoms with Crippen LogP contribution in [0.1, 0.15) is 44.6 Å². The average Bonchev–Trinajstić information content (AvgIpc) is 2.81. The number of hydrogen-bond acceptors (Lipinski definition) is 4. The summed E-state index contributed by atoms with van der Waals surface area (Å²) in [7, 11) is 0. The third kappa shape index (κ3) is 3.47. The van der Waals surface area contributed by atoms with Crippen molar-refractivity contribution in [3.05, 3.63) is 35.9 Å². The summed E-state index contributed by atoms with van der Waals surface area (Å²) in [5, 5.41) is 0. The molecular weight excluding hydrogens is 290 g/mol. The molecule has 1 aromatic rings. The highest BCUT2D eigenvalue weighted by Crippen LogP contribution is 2.38. The van der Waals surface area contributed by atoms with Gasteiger partial charge in [0.25, 0.3) is 0 Å². The molecule has 3 atom stereocenters. The van der Waals surface area contributed by atoms with E-state index < -0.39 is 0 Å². The summed E-state index contributed by atoms with van der Waals surface area (Å²) in [5.74, 6) is 0.150. The van der Waals surface area contributed by atoms with Crippen molar-refractivity contribution in [1.29, 1.82) is 0 Å². The minimum Gasteiger partial charge on any atom is -0.465 e. The molecule has 23 heavy (non-hydrogen) atoms. The third-order valence-electron chi connectivity index (χ3n) is 5.12. The Morgan fingerprint density at radius 3 is 2.78 bits per heavy atom. The van der Waals surface area contributed by atoms with Crippen molar-refractivity contribution in [2.24, 2.45) is 5.92 Å². The number of nitrogens with zero attached hydrogens (tertiary/aromatic N) is 1. The number of rotatable bonds is 4. The summed E-state index contributed by atoms with van der Waals surface area (Å²) in [6.07, 6.45) is 4.33. The lowest BCUT2D eigenvalue weighted by Gasteiger charge is -2.29. The van der Waals surface area contributed by atoms with Gasteiger partial charge >= 0.3 is 5.97 Å². The van der Waals surface area contributed by atoms with Crippen molar-refractivity contribution < 1.29 is 14.3 Å². The Balaban J connectivity index is 1.85. The van der Waals surface area contributed by atoms with Gasteiger partial charge in [-0.1, -0.05) is 36.8 Å². The van der Waals surface area contributed by atoms with Crippen LogP contribution >= 0.6 is 0 Å². The number of Topliss-reactive ketones (excluding diaryl/α,β-unsaturated/α-hetero) is 1. The van der Waals surface area contributed by atoms with Crippen molar-refractivity contribution in [3.8, 4) is 0 Å². The molecule has 1 saturated heterocycles. The largest absolute Gasteiger partial charge is 0.465 e. The highest BCUT2D eigenvalue weighted by Gasteiger charge is 2.47. The van der Waals surface area contributed by atoms with Crippen molar-refractivity contribution in [2.75, 3.05) is 6.61 Å². The van der Waals surface area contributed by atoms with Gasteiger partial charge in [0.05, 0.1) is 6.61 Å². The van der Waals surface area contributed by atoms with Gasteiger partial charge in [0.1, 0.15) is 11.8 Å². The summed E-state index contributed by atoms with van der Waals surface area (Å²) in [4.78, 5) is 27.1. The first-order valence-electron chi connectivity index (χ1n) is 8.69. The fraction of sp³-hybridized carbons (Fsp3) is 0.579. The van der Waals surface area contributed by atoms with Crippen LogP contribution in [0.2, 0.25) is 0 Å². The first-order valence-corrected chi connectivity index (χ1v) is 8.69. The number of carbonyl (C=O) groups excluding carboxylic acids is 2. The average molecular weight is 315 g/mol. The molecule has 0 amide bonds. The second kappa shape index (κ2) is 7.26. The standard InChI is InChI=1S/C19H25NO3/c1-2-23-19(22)17-12-15-16(10-6-7-11-18(15)21)20(17)13-14-8-4-3-5-9-14/h3-5,8-9,15-17H,2,6-7,10-13H2,1H3/t15-,16+,17-/m1/s1. The molecule has 4 nitrogen and oxygen atoms in total. The quantitative estimate of drug-likeness (QED) is 0.802. The first kappa shape index (κ1) is 16.2. The molecular formula is C19H25NO3. The maximum absolute atomic E-state index is 12.4. The molecule has 0 spiro atoms. The van der Waals surface area contributed by atoms with Crippen LogP contribution in [0, 0.1) is 5.92 Å². The van der Waals surface area contributed by atoms with Gasteiger partial charge in [-0.05, 0) is 31.7 Å². The Bertz CT molecular complexity index is 557. The molecule has 2 fully saturated rings. The first-order chi connectivity index (χ1) is 11.2. The second-order valence-electron chi connectivity index (χ2n) is 6.55. The summed E-state index contributed by atoms with van der Waals surface area (Å²) < 4.78 is 5.27. The van der Waals surface area contributed by atoms with Crippen molar-refractivity contribution in [1.82, 2.24) is 4.90 Å². The number of carbonyl (C=O) groups is 2. The van der Waals surface area contributed by atoms with E-state index in [-0.39, 0.29) is 24.0 Å². The predicted octanol–water partition coefficient (Wildman–Crippen LogP) is 2.95. The van der Waals surface area contributed by atoms with Gasteiger partial charge in [0.15, 0.2) is 0 Å². The Hall–Kier alpha value is -1.68. The molecule has 0 N–H and O–H groups in total. The molecule has 124 valence electrons. The van der Waals surface area contributed by atoms with Crippen molar-refractivity contribution in [2.45, 2.75) is 57.7 Å². The Morgan fingerprint density at radius 1 is 1.26 bits per heavy atom. The molecule has 1 aliphatic heterocycles. The monoisotopic (exact) mass is 315 g/mol. The molecule has 1 aliphatic carbocycles.